The summed E-state index contributed by atoms with van der Waals surface area (Å²) >= 11 is 0. The van der Waals surface area contributed by atoms with Crippen LogP contribution in [0.1, 0.15) is 30.9 Å². The van der Waals surface area contributed by atoms with E-state index in [4.69, 9.17) is 4.74 Å². The van der Waals surface area contributed by atoms with Crippen molar-refractivity contribution < 1.29 is 17.5 Å². The second-order valence-corrected chi connectivity index (χ2v) is 7.04. The number of aryl methyl sites for hydroxylation is 2. The summed E-state index contributed by atoms with van der Waals surface area (Å²) in [6, 6.07) is 2.36. The zero-order chi connectivity index (χ0) is 14.9. The molecule has 1 fully saturated rings. The highest BCUT2D eigenvalue weighted by atomic mass is 32.2. The highest BCUT2D eigenvalue weighted by Crippen LogP contribution is 2.23. The number of hydrogen-bond acceptors (Lipinski definition) is 3. The third-order valence-electron chi connectivity index (χ3n) is 3.50. The lowest BCUT2D eigenvalue weighted by Crippen LogP contribution is -2.41. The van der Waals surface area contributed by atoms with Crippen LogP contribution in [0.25, 0.3) is 0 Å². The van der Waals surface area contributed by atoms with Gasteiger partial charge in [-0.15, -0.1) is 0 Å². The van der Waals surface area contributed by atoms with Crippen molar-refractivity contribution in [1.82, 2.24) is 4.72 Å². The monoisotopic (exact) mass is 301 g/mol. The minimum atomic E-state index is -3.63. The van der Waals surface area contributed by atoms with Crippen molar-refractivity contribution in [2.24, 2.45) is 0 Å². The van der Waals surface area contributed by atoms with Crippen LogP contribution in [-0.2, 0) is 14.8 Å². The quantitative estimate of drug-likeness (QED) is 0.932. The van der Waals surface area contributed by atoms with Gasteiger partial charge >= 0.3 is 0 Å². The van der Waals surface area contributed by atoms with Gasteiger partial charge in [0.1, 0.15) is 5.82 Å². The highest BCUT2D eigenvalue weighted by Gasteiger charge is 2.27. The standard InChI is InChI=1S/C14H20FNO3S/c1-9-6-12(15)7-10(2)14(9)20(17,18)16-13-4-5-19-11(3)8-13/h6-7,11,13,16H,4-5,8H2,1-3H3. The van der Waals surface area contributed by atoms with E-state index in [2.05, 4.69) is 4.72 Å². The average Bonchev–Trinajstić information content (AvgIpc) is 2.25. The second kappa shape index (κ2) is 5.79. The van der Waals surface area contributed by atoms with Gasteiger partial charge in [0, 0.05) is 12.6 Å². The Morgan fingerprint density at radius 2 is 1.90 bits per heavy atom. The van der Waals surface area contributed by atoms with E-state index in [9.17, 15) is 12.8 Å². The number of benzene rings is 1. The van der Waals surface area contributed by atoms with Crippen molar-refractivity contribution in [3.63, 3.8) is 0 Å². The van der Waals surface area contributed by atoms with E-state index in [1.165, 1.54) is 12.1 Å². The smallest absolute Gasteiger partial charge is 0.241 e. The first-order valence-electron chi connectivity index (χ1n) is 6.70. The molecule has 20 heavy (non-hydrogen) atoms. The van der Waals surface area contributed by atoms with Gasteiger partial charge in [-0.2, -0.15) is 0 Å². The summed E-state index contributed by atoms with van der Waals surface area (Å²) in [6.07, 6.45) is 1.35. The number of rotatable bonds is 3. The molecule has 0 amide bonds. The van der Waals surface area contributed by atoms with Gasteiger partial charge in [-0.25, -0.2) is 17.5 Å². The molecule has 2 rings (SSSR count). The summed E-state index contributed by atoms with van der Waals surface area (Å²) in [5.41, 5.74) is 0.852. The lowest BCUT2D eigenvalue weighted by Gasteiger charge is -2.28. The molecular weight excluding hydrogens is 281 g/mol. The molecule has 1 N–H and O–H groups in total. The fourth-order valence-electron chi connectivity index (χ4n) is 2.70. The van der Waals surface area contributed by atoms with Crippen LogP contribution in [0.5, 0.6) is 0 Å². The molecule has 0 bridgehead atoms. The molecule has 1 heterocycles. The van der Waals surface area contributed by atoms with Crippen LogP contribution in [0.2, 0.25) is 0 Å². The maximum atomic E-state index is 13.3. The number of halogens is 1. The summed E-state index contributed by atoms with van der Waals surface area (Å²) in [5.74, 6) is -0.418. The molecule has 0 saturated carbocycles. The van der Waals surface area contributed by atoms with Crippen LogP contribution in [0.15, 0.2) is 17.0 Å². The normalized spacial score (nSPS) is 23.8. The van der Waals surface area contributed by atoms with E-state index < -0.39 is 15.8 Å². The van der Waals surface area contributed by atoms with Crippen LogP contribution in [0.3, 0.4) is 0 Å². The van der Waals surface area contributed by atoms with Crippen molar-refractivity contribution in [2.45, 2.75) is 50.7 Å². The molecule has 0 aromatic heterocycles. The molecule has 6 heteroatoms. The molecule has 4 nitrogen and oxygen atoms in total. The Bertz CT molecular complexity index is 577. The maximum absolute atomic E-state index is 13.3. The first-order valence-corrected chi connectivity index (χ1v) is 8.18. The molecule has 1 aromatic rings. The average molecular weight is 301 g/mol. The number of ether oxygens (including phenoxy) is 1. The summed E-state index contributed by atoms with van der Waals surface area (Å²) in [5, 5.41) is 0. The Labute approximate surface area is 119 Å². The highest BCUT2D eigenvalue weighted by molar-refractivity contribution is 7.89. The Hall–Kier alpha value is -0.980. The Morgan fingerprint density at radius 3 is 2.45 bits per heavy atom. The van der Waals surface area contributed by atoms with Gasteiger partial charge in [0.2, 0.25) is 10.0 Å². The molecule has 1 aromatic carbocycles. The van der Waals surface area contributed by atoms with Crippen molar-refractivity contribution in [3.8, 4) is 0 Å². The van der Waals surface area contributed by atoms with E-state index in [1.54, 1.807) is 13.8 Å². The fourth-order valence-corrected chi connectivity index (χ4v) is 4.44. The minimum absolute atomic E-state index is 0.0480. The summed E-state index contributed by atoms with van der Waals surface area (Å²) < 4.78 is 46.4. The lowest BCUT2D eigenvalue weighted by atomic mass is 10.1. The first kappa shape index (κ1) is 15.4. The van der Waals surface area contributed by atoms with Crippen molar-refractivity contribution in [1.29, 1.82) is 0 Å². The summed E-state index contributed by atoms with van der Waals surface area (Å²) in [6.45, 7) is 5.69. The Kier molecular flexibility index (Phi) is 4.46. The van der Waals surface area contributed by atoms with E-state index in [-0.39, 0.29) is 17.0 Å². The number of hydrogen-bond donors (Lipinski definition) is 1. The number of nitrogens with one attached hydrogen (secondary N) is 1. The van der Waals surface area contributed by atoms with Crippen LogP contribution in [0, 0.1) is 19.7 Å². The predicted octanol–water partition coefficient (Wildman–Crippen LogP) is 2.29. The van der Waals surface area contributed by atoms with Gasteiger partial charge in [0.25, 0.3) is 0 Å². The third kappa shape index (κ3) is 3.37. The minimum Gasteiger partial charge on any atom is -0.378 e. The van der Waals surface area contributed by atoms with Gasteiger partial charge < -0.3 is 4.74 Å². The number of sulfonamides is 1. The second-order valence-electron chi connectivity index (χ2n) is 5.39. The molecular formula is C14H20FNO3S. The van der Waals surface area contributed by atoms with Gasteiger partial charge in [-0.3, -0.25) is 0 Å². The Balaban J connectivity index is 2.27. The molecule has 112 valence electrons. The van der Waals surface area contributed by atoms with E-state index in [0.29, 0.717) is 30.6 Å². The SMILES string of the molecule is Cc1cc(F)cc(C)c1S(=O)(=O)NC1CCOC(C)C1. The molecule has 2 unspecified atom stereocenters. The van der Waals surface area contributed by atoms with Gasteiger partial charge in [0.15, 0.2) is 0 Å². The zero-order valence-corrected chi connectivity index (χ0v) is 12.8. The molecule has 0 radical (unpaired) electrons. The lowest BCUT2D eigenvalue weighted by molar-refractivity contribution is 0.0173. The third-order valence-corrected chi connectivity index (χ3v) is 5.33. The molecule has 0 spiro atoms. The summed E-state index contributed by atoms with van der Waals surface area (Å²) in [7, 11) is -3.63. The molecule has 1 saturated heterocycles. The van der Waals surface area contributed by atoms with Gasteiger partial charge in [-0.1, -0.05) is 0 Å². The summed E-state index contributed by atoms with van der Waals surface area (Å²) in [4.78, 5) is 0.179. The van der Waals surface area contributed by atoms with Gasteiger partial charge in [-0.05, 0) is 56.9 Å². The van der Waals surface area contributed by atoms with E-state index in [1.807, 2.05) is 6.92 Å². The zero-order valence-electron chi connectivity index (χ0n) is 11.9. The van der Waals surface area contributed by atoms with Crippen molar-refractivity contribution in [3.05, 3.63) is 29.1 Å². The van der Waals surface area contributed by atoms with Crippen LogP contribution < -0.4 is 4.72 Å². The van der Waals surface area contributed by atoms with Gasteiger partial charge in [0.05, 0.1) is 11.0 Å². The van der Waals surface area contributed by atoms with Crippen molar-refractivity contribution >= 4 is 10.0 Å². The molecule has 1 aliphatic rings. The fraction of sp³-hybridized carbons (Fsp3) is 0.571. The molecule has 1 aliphatic heterocycles. The first-order chi connectivity index (χ1) is 9.29. The molecule has 0 aliphatic carbocycles. The topological polar surface area (TPSA) is 55.4 Å². The van der Waals surface area contributed by atoms with E-state index >= 15 is 0 Å². The van der Waals surface area contributed by atoms with Crippen molar-refractivity contribution in [2.75, 3.05) is 6.61 Å². The largest absolute Gasteiger partial charge is 0.378 e. The predicted molar refractivity (Wildman–Crippen MR) is 74.6 cm³/mol. The van der Waals surface area contributed by atoms with Crippen LogP contribution in [0.4, 0.5) is 4.39 Å². The maximum Gasteiger partial charge on any atom is 0.241 e. The van der Waals surface area contributed by atoms with Crippen LogP contribution in [-0.4, -0.2) is 27.2 Å². The van der Waals surface area contributed by atoms with E-state index in [0.717, 1.165) is 0 Å². The molecule has 2 atom stereocenters. The van der Waals surface area contributed by atoms with Crippen LogP contribution >= 0.6 is 0 Å². The Morgan fingerprint density at radius 1 is 1.30 bits per heavy atom.